The molecule has 2 heterocycles. The molecule has 2 aliphatic rings. The molecule has 4 atom stereocenters. The Morgan fingerprint density at radius 1 is 1.31 bits per heavy atom. The molecule has 94 valence electrons. The standard InChI is InChI=1S/C13H26N2O/c1-9(2)12-8-15(10(3)7-14-12)13-5-6-16-11(13)4/h9-14H,5-8H2,1-4H3. The minimum Gasteiger partial charge on any atom is -0.377 e. The molecular formula is C13H26N2O. The van der Waals surface area contributed by atoms with E-state index in [0.717, 1.165) is 13.2 Å². The van der Waals surface area contributed by atoms with E-state index in [1.54, 1.807) is 0 Å². The molecule has 0 radical (unpaired) electrons. The number of hydrogen-bond acceptors (Lipinski definition) is 3. The van der Waals surface area contributed by atoms with E-state index < -0.39 is 0 Å². The zero-order valence-electron chi connectivity index (χ0n) is 11.1. The highest BCUT2D eigenvalue weighted by atomic mass is 16.5. The Bertz CT molecular complexity index is 232. The second-order valence-corrected chi connectivity index (χ2v) is 5.74. The van der Waals surface area contributed by atoms with Gasteiger partial charge in [0.25, 0.3) is 0 Å². The minimum atomic E-state index is 0.411. The molecule has 0 aromatic carbocycles. The van der Waals surface area contributed by atoms with E-state index in [-0.39, 0.29) is 0 Å². The molecule has 16 heavy (non-hydrogen) atoms. The zero-order chi connectivity index (χ0) is 11.7. The maximum absolute atomic E-state index is 5.70. The molecular weight excluding hydrogens is 200 g/mol. The lowest BCUT2D eigenvalue weighted by Gasteiger charge is -2.44. The van der Waals surface area contributed by atoms with Gasteiger partial charge < -0.3 is 10.1 Å². The predicted molar refractivity (Wildman–Crippen MR) is 66.6 cm³/mol. The molecule has 0 saturated carbocycles. The summed E-state index contributed by atoms with van der Waals surface area (Å²) in [6.07, 6.45) is 1.62. The fraction of sp³-hybridized carbons (Fsp3) is 1.00. The van der Waals surface area contributed by atoms with Crippen LogP contribution in [0.3, 0.4) is 0 Å². The molecule has 2 saturated heterocycles. The van der Waals surface area contributed by atoms with Gasteiger partial charge in [0.05, 0.1) is 6.10 Å². The van der Waals surface area contributed by atoms with Crippen LogP contribution in [-0.2, 0) is 4.74 Å². The summed E-state index contributed by atoms with van der Waals surface area (Å²) in [5, 5.41) is 3.65. The van der Waals surface area contributed by atoms with E-state index >= 15 is 0 Å². The summed E-state index contributed by atoms with van der Waals surface area (Å²) in [7, 11) is 0. The molecule has 2 rings (SSSR count). The van der Waals surface area contributed by atoms with Gasteiger partial charge in [0, 0.05) is 37.8 Å². The number of piperazine rings is 1. The van der Waals surface area contributed by atoms with Crippen molar-refractivity contribution >= 4 is 0 Å². The molecule has 0 aliphatic carbocycles. The summed E-state index contributed by atoms with van der Waals surface area (Å²) < 4.78 is 5.70. The smallest absolute Gasteiger partial charge is 0.0703 e. The SMILES string of the molecule is CC(C)C1CN(C2CCOC2C)C(C)CN1. The van der Waals surface area contributed by atoms with E-state index in [9.17, 15) is 0 Å². The molecule has 0 bridgehead atoms. The molecule has 0 amide bonds. The van der Waals surface area contributed by atoms with Gasteiger partial charge in [-0.05, 0) is 26.2 Å². The van der Waals surface area contributed by atoms with Crippen molar-refractivity contribution in [3.63, 3.8) is 0 Å². The summed E-state index contributed by atoms with van der Waals surface area (Å²) in [5.74, 6) is 0.715. The Morgan fingerprint density at radius 3 is 2.62 bits per heavy atom. The maximum atomic E-state index is 5.70. The van der Waals surface area contributed by atoms with Gasteiger partial charge in [-0.3, -0.25) is 4.90 Å². The Hall–Kier alpha value is -0.120. The van der Waals surface area contributed by atoms with Gasteiger partial charge in [-0.25, -0.2) is 0 Å². The van der Waals surface area contributed by atoms with E-state index in [2.05, 4.69) is 37.9 Å². The summed E-state index contributed by atoms with van der Waals surface area (Å²) in [6, 6.07) is 1.92. The van der Waals surface area contributed by atoms with Crippen LogP contribution in [0.25, 0.3) is 0 Å². The van der Waals surface area contributed by atoms with Gasteiger partial charge in [-0.2, -0.15) is 0 Å². The van der Waals surface area contributed by atoms with Crippen molar-refractivity contribution in [3.8, 4) is 0 Å². The van der Waals surface area contributed by atoms with Crippen molar-refractivity contribution < 1.29 is 4.74 Å². The van der Waals surface area contributed by atoms with Crippen LogP contribution >= 0.6 is 0 Å². The topological polar surface area (TPSA) is 24.5 Å². The van der Waals surface area contributed by atoms with Gasteiger partial charge in [-0.1, -0.05) is 13.8 Å². The first-order valence-corrected chi connectivity index (χ1v) is 6.70. The molecule has 4 unspecified atom stereocenters. The summed E-state index contributed by atoms with van der Waals surface area (Å²) in [5.41, 5.74) is 0. The summed E-state index contributed by atoms with van der Waals surface area (Å²) >= 11 is 0. The second-order valence-electron chi connectivity index (χ2n) is 5.74. The lowest BCUT2D eigenvalue weighted by atomic mass is 9.97. The van der Waals surface area contributed by atoms with E-state index in [1.165, 1.54) is 13.0 Å². The number of hydrogen-bond donors (Lipinski definition) is 1. The first kappa shape index (κ1) is 12.3. The highest BCUT2D eigenvalue weighted by molar-refractivity contribution is 4.92. The normalized spacial score (nSPS) is 41.8. The van der Waals surface area contributed by atoms with Crippen LogP contribution in [0.4, 0.5) is 0 Å². The molecule has 0 aromatic rings. The van der Waals surface area contributed by atoms with Crippen molar-refractivity contribution in [1.29, 1.82) is 0 Å². The molecule has 2 fully saturated rings. The van der Waals surface area contributed by atoms with E-state index in [4.69, 9.17) is 4.74 Å². The van der Waals surface area contributed by atoms with Crippen LogP contribution in [0, 0.1) is 5.92 Å². The van der Waals surface area contributed by atoms with Gasteiger partial charge in [0.15, 0.2) is 0 Å². The van der Waals surface area contributed by atoms with Crippen LogP contribution in [0.1, 0.15) is 34.1 Å². The zero-order valence-corrected chi connectivity index (χ0v) is 11.1. The molecule has 3 heteroatoms. The highest BCUT2D eigenvalue weighted by Gasteiger charge is 2.36. The third-order valence-electron chi connectivity index (χ3n) is 4.22. The molecule has 0 aromatic heterocycles. The third kappa shape index (κ3) is 2.41. The largest absolute Gasteiger partial charge is 0.377 e. The van der Waals surface area contributed by atoms with Crippen molar-refractivity contribution in [2.75, 3.05) is 19.7 Å². The van der Waals surface area contributed by atoms with Crippen molar-refractivity contribution in [2.45, 2.75) is 58.3 Å². The van der Waals surface area contributed by atoms with E-state index in [1.807, 2.05) is 0 Å². The Labute approximate surface area is 99.5 Å². The second kappa shape index (κ2) is 5.03. The first-order chi connectivity index (χ1) is 7.59. The summed E-state index contributed by atoms with van der Waals surface area (Å²) in [6.45, 7) is 12.4. The van der Waals surface area contributed by atoms with Crippen LogP contribution in [0.15, 0.2) is 0 Å². The van der Waals surface area contributed by atoms with E-state index in [0.29, 0.717) is 30.1 Å². The van der Waals surface area contributed by atoms with Crippen molar-refractivity contribution in [2.24, 2.45) is 5.92 Å². The van der Waals surface area contributed by atoms with Crippen molar-refractivity contribution in [3.05, 3.63) is 0 Å². The van der Waals surface area contributed by atoms with Crippen LogP contribution in [0.2, 0.25) is 0 Å². The molecule has 3 nitrogen and oxygen atoms in total. The monoisotopic (exact) mass is 226 g/mol. The number of nitrogens with one attached hydrogen (secondary N) is 1. The molecule has 0 spiro atoms. The number of ether oxygens (including phenoxy) is 1. The molecule has 1 N–H and O–H groups in total. The number of nitrogens with zero attached hydrogens (tertiary/aromatic N) is 1. The van der Waals surface area contributed by atoms with Gasteiger partial charge in [0.1, 0.15) is 0 Å². The van der Waals surface area contributed by atoms with Gasteiger partial charge in [-0.15, -0.1) is 0 Å². The van der Waals surface area contributed by atoms with Gasteiger partial charge >= 0.3 is 0 Å². The van der Waals surface area contributed by atoms with Crippen LogP contribution in [0.5, 0.6) is 0 Å². The third-order valence-corrected chi connectivity index (χ3v) is 4.22. The quantitative estimate of drug-likeness (QED) is 0.772. The maximum Gasteiger partial charge on any atom is 0.0703 e. The minimum absolute atomic E-state index is 0.411. The first-order valence-electron chi connectivity index (χ1n) is 6.70. The Balaban J connectivity index is 2.00. The molecule has 2 aliphatic heterocycles. The van der Waals surface area contributed by atoms with Crippen LogP contribution in [-0.4, -0.2) is 48.8 Å². The number of rotatable bonds is 2. The fourth-order valence-corrected chi connectivity index (χ4v) is 2.98. The lowest BCUT2D eigenvalue weighted by Crippen LogP contribution is -2.60. The lowest BCUT2D eigenvalue weighted by molar-refractivity contribution is 0.0306. The van der Waals surface area contributed by atoms with Crippen LogP contribution < -0.4 is 5.32 Å². The van der Waals surface area contributed by atoms with Crippen molar-refractivity contribution in [1.82, 2.24) is 10.2 Å². The average Bonchev–Trinajstić information content (AvgIpc) is 2.65. The average molecular weight is 226 g/mol. The Morgan fingerprint density at radius 2 is 2.06 bits per heavy atom. The Kier molecular flexibility index (Phi) is 3.88. The fourth-order valence-electron chi connectivity index (χ4n) is 2.98. The predicted octanol–water partition coefficient (Wildman–Crippen LogP) is 1.48. The van der Waals surface area contributed by atoms with Gasteiger partial charge in [0.2, 0.25) is 0 Å². The highest BCUT2D eigenvalue weighted by Crippen LogP contribution is 2.24. The summed E-state index contributed by atoms with van der Waals surface area (Å²) in [4.78, 5) is 2.67.